The van der Waals surface area contributed by atoms with Crippen LogP contribution in [-0.4, -0.2) is 54.6 Å². The summed E-state index contributed by atoms with van der Waals surface area (Å²) >= 11 is 0. The van der Waals surface area contributed by atoms with Crippen LogP contribution in [0.15, 0.2) is 30.3 Å². The third-order valence-electron chi connectivity index (χ3n) is 4.30. The molecule has 144 valence electrons. The molecule has 0 fully saturated rings. The minimum Gasteiger partial charge on any atom is -0.468 e. The van der Waals surface area contributed by atoms with Gasteiger partial charge in [0.15, 0.2) is 0 Å². The minimum absolute atomic E-state index is 0.335. The maximum absolute atomic E-state index is 13.0. The number of amides is 1. The van der Waals surface area contributed by atoms with Crippen molar-refractivity contribution in [3.8, 4) is 5.69 Å². The monoisotopic (exact) mass is 372 g/mol. The number of aryl methyl sites for hydroxylation is 2. The van der Waals surface area contributed by atoms with E-state index in [-0.39, 0.29) is 13.1 Å². The number of methoxy groups -OCH3 is 2. The average Bonchev–Trinajstić information content (AvgIpc) is 2.94. The van der Waals surface area contributed by atoms with Crippen LogP contribution in [0.3, 0.4) is 0 Å². The Morgan fingerprint density at radius 3 is 2.07 bits per heavy atom. The van der Waals surface area contributed by atoms with Gasteiger partial charge in [0.25, 0.3) is 5.91 Å². The van der Waals surface area contributed by atoms with Gasteiger partial charge < -0.3 is 18.9 Å². The van der Waals surface area contributed by atoms with Gasteiger partial charge >= 0.3 is 11.9 Å². The zero-order valence-electron chi connectivity index (χ0n) is 16.2. The summed E-state index contributed by atoms with van der Waals surface area (Å²) in [7, 11) is 2.46. The number of aromatic nitrogens is 1. The number of benzene rings is 1. The minimum atomic E-state index is -0.611. The lowest BCUT2D eigenvalue weighted by Crippen LogP contribution is -2.40. The van der Waals surface area contributed by atoms with Crippen molar-refractivity contribution >= 4 is 17.8 Å². The summed E-state index contributed by atoms with van der Waals surface area (Å²) in [6.45, 7) is 5.06. The molecule has 0 radical (unpaired) electrons. The first kappa shape index (κ1) is 20.2. The second-order valence-electron chi connectivity index (χ2n) is 6.27. The van der Waals surface area contributed by atoms with Crippen LogP contribution in [0.2, 0.25) is 0 Å². The first-order valence-corrected chi connectivity index (χ1v) is 8.47. The molecule has 0 spiro atoms. The average molecular weight is 372 g/mol. The van der Waals surface area contributed by atoms with Gasteiger partial charge in [-0.25, -0.2) is 0 Å². The van der Waals surface area contributed by atoms with E-state index in [1.54, 1.807) is 6.07 Å². The van der Waals surface area contributed by atoms with E-state index in [0.717, 1.165) is 27.5 Å². The zero-order chi connectivity index (χ0) is 20.1. The third-order valence-corrected chi connectivity index (χ3v) is 4.30. The smallest absolute Gasteiger partial charge is 0.325 e. The number of carbonyl (C=O) groups excluding carboxylic acids is 3. The molecule has 0 atom stereocenters. The lowest BCUT2D eigenvalue weighted by Gasteiger charge is -2.20. The third kappa shape index (κ3) is 4.55. The van der Waals surface area contributed by atoms with Gasteiger partial charge in [-0.1, -0.05) is 12.1 Å². The van der Waals surface area contributed by atoms with E-state index in [0.29, 0.717) is 5.56 Å². The highest BCUT2D eigenvalue weighted by molar-refractivity contribution is 5.99. The number of esters is 2. The van der Waals surface area contributed by atoms with Gasteiger partial charge in [0.05, 0.1) is 19.8 Å². The Labute approximate surface area is 158 Å². The number of rotatable bonds is 6. The Hall–Kier alpha value is -3.09. The van der Waals surface area contributed by atoms with E-state index in [2.05, 4.69) is 9.47 Å². The highest BCUT2D eigenvalue weighted by Gasteiger charge is 2.26. The van der Waals surface area contributed by atoms with Crippen molar-refractivity contribution in [2.45, 2.75) is 20.8 Å². The number of nitrogens with zero attached hydrogens (tertiary/aromatic N) is 2. The Morgan fingerprint density at radius 1 is 0.963 bits per heavy atom. The SMILES string of the molecule is COC(=O)CN(CC(=O)OC)C(=O)c1cc(C)n(-c2cccc(C)c2)c1C. The molecule has 2 aromatic rings. The van der Waals surface area contributed by atoms with Gasteiger partial charge in [-0.3, -0.25) is 14.4 Å². The summed E-state index contributed by atoms with van der Waals surface area (Å²) in [6, 6.07) is 9.68. The molecular formula is C20H24N2O5. The van der Waals surface area contributed by atoms with Crippen LogP contribution in [0.25, 0.3) is 5.69 Å². The molecular weight excluding hydrogens is 348 g/mol. The van der Waals surface area contributed by atoms with E-state index < -0.39 is 17.8 Å². The summed E-state index contributed by atoms with van der Waals surface area (Å²) < 4.78 is 11.2. The van der Waals surface area contributed by atoms with Crippen molar-refractivity contribution < 1.29 is 23.9 Å². The molecule has 0 aliphatic heterocycles. The zero-order valence-corrected chi connectivity index (χ0v) is 16.2. The number of ether oxygens (including phenoxy) is 2. The summed E-state index contributed by atoms with van der Waals surface area (Å²) in [6.07, 6.45) is 0. The van der Waals surface area contributed by atoms with Crippen LogP contribution in [0.1, 0.15) is 27.3 Å². The van der Waals surface area contributed by atoms with Gasteiger partial charge in [-0.15, -0.1) is 0 Å². The Kier molecular flexibility index (Phi) is 6.39. The van der Waals surface area contributed by atoms with Crippen molar-refractivity contribution in [2.24, 2.45) is 0 Å². The highest BCUT2D eigenvalue weighted by Crippen LogP contribution is 2.23. The lowest BCUT2D eigenvalue weighted by atomic mass is 10.2. The highest BCUT2D eigenvalue weighted by atomic mass is 16.5. The summed E-state index contributed by atoms with van der Waals surface area (Å²) in [4.78, 5) is 37.5. The standard InChI is InChI=1S/C20H24N2O5/c1-13-7-6-8-16(9-13)22-14(2)10-17(15(22)3)20(25)21(11-18(23)26-4)12-19(24)27-5/h6-10H,11-12H2,1-5H3. The maximum atomic E-state index is 13.0. The second-order valence-corrected chi connectivity index (χ2v) is 6.27. The van der Waals surface area contributed by atoms with Crippen molar-refractivity contribution in [2.75, 3.05) is 27.3 Å². The summed E-state index contributed by atoms with van der Waals surface area (Å²) in [5.41, 5.74) is 4.06. The molecule has 0 aliphatic carbocycles. The van der Waals surface area contributed by atoms with Gasteiger partial charge in [-0.05, 0) is 44.5 Å². The molecule has 0 aliphatic rings. The molecule has 0 saturated heterocycles. The molecule has 1 amide bonds. The van der Waals surface area contributed by atoms with E-state index in [1.165, 1.54) is 14.2 Å². The predicted molar refractivity (Wildman–Crippen MR) is 99.9 cm³/mol. The largest absolute Gasteiger partial charge is 0.468 e. The van der Waals surface area contributed by atoms with Gasteiger partial charge in [-0.2, -0.15) is 0 Å². The topological polar surface area (TPSA) is 77.8 Å². The van der Waals surface area contributed by atoms with Crippen LogP contribution in [0.5, 0.6) is 0 Å². The molecule has 27 heavy (non-hydrogen) atoms. The van der Waals surface area contributed by atoms with Crippen LogP contribution in [0, 0.1) is 20.8 Å². The van der Waals surface area contributed by atoms with Crippen LogP contribution >= 0.6 is 0 Å². The fraction of sp³-hybridized carbons (Fsp3) is 0.350. The van der Waals surface area contributed by atoms with Crippen molar-refractivity contribution in [3.05, 3.63) is 52.8 Å². The molecule has 0 N–H and O–H groups in total. The second kappa shape index (κ2) is 8.53. The maximum Gasteiger partial charge on any atom is 0.325 e. The Bertz CT molecular complexity index is 851. The Morgan fingerprint density at radius 2 is 1.56 bits per heavy atom. The van der Waals surface area contributed by atoms with Gasteiger partial charge in [0, 0.05) is 17.1 Å². The van der Waals surface area contributed by atoms with Gasteiger partial charge in [0.2, 0.25) is 0 Å². The van der Waals surface area contributed by atoms with E-state index in [4.69, 9.17) is 0 Å². The number of carbonyl (C=O) groups is 3. The van der Waals surface area contributed by atoms with Crippen molar-refractivity contribution in [3.63, 3.8) is 0 Å². The quantitative estimate of drug-likeness (QED) is 0.727. The van der Waals surface area contributed by atoms with Gasteiger partial charge in [0.1, 0.15) is 13.1 Å². The predicted octanol–water partition coefficient (Wildman–Crippen LogP) is 2.19. The van der Waals surface area contributed by atoms with E-state index >= 15 is 0 Å². The normalized spacial score (nSPS) is 10.4. The summed E-state index contributed by atoms with van der Waals surface area (Å²) in [5.74, 6) is -1.66. The molecule has 1 heterocycles. The van der Waals surface area contributed by atoms with Crippen molar-refractivity contribution in [1.82, 2.24) is 9.47 Å². The molecule has 7 nitrogen and oxygen atoms in total. The molecule has 1 aromatic carbocycles. The first-order chi connectivity index (χ1) is 12.8. The first-order valence-electron chi connectivity index (χ1n) is 8.47. The lowest BCUT2D eigenvalue weighted by molar-refractivity contribution is -0.144. The van der Waals surface area contributed by atoms with E-state index in [9.17, 15) is 14.4 Å². The summed E-state index contributed by atoms with van der Waals surface area (Å²) in [5, 5.41) is 0. The van der Waals surface area contributed by atoms with Crippen molar-refractivity contribution in [1.29, 1.82) is 0 Å². The van der Waals surface area contributed by atoms with Crippen LogP contribution < -0.4 is 0 Å². The fourth-order valence-corrected chi connectivity index (χ4v) is 2.95. The van der Waals surface area contributed by atoms with Crippen LogP contribution in [-0.2, 0) is 19.1 Å². The molecule has 0 unspecified atom stereocenters. The fourth-order valence-electron chi connectivity index (χ4n) is 2.95. The molecule has 0 bridgehead atoms. The Balaban J connectivity index is 2.42. The number of hydrogen-bond donors (Lipinski definition) is 0. The molecule has 7 heteroatoms. The molecule has 2 rings (SSSR count). The number of hydrogen-bond acceptors (Lipinski definition) is 5. The molecule has 1 aromatic heterocycles. The molecule has 0 saturated carbocycles. The van der Waals surface area contributed by atoms with Crippen LogP contribution in [0.4, 0.5) is 0 Å². The van der Waals surface area contributed by atoms with E-state index in [1.807, 2.05) is 49.6 Å².